The third-order valence-electron chi connectivity index (χ3n) is 6.60. The molecule has 1 aromatic heterocycles. The molecular weight excluding hydrogens is 406 g/mol. The van der Waals surface area contributed by atoms with Crippen LogP contribution in [-0.4, -0.2) is 57.3 Å². The first-order valence-corrected chi connectivity index (χ1v) is 10.9. The van der Waals surface area contributed by atoms with Crippen LogP contribution >= 0.6 is 0 Å². The second-order valence-corrected chi connectivity index (χ2v) is 9.13. The van der Waals surface area contributed by atoms with Crippen LogP contribution in [0.25, 0.3) is 10.9 Å². The summed E-state index contributed by atoms with van der Waals surface area (Å²) in [6.45, 7) is 4.96. The van der Waals surface area contributed by atoms with Crippen LogP contribution in [0, 0.1) is 0 Å². The fourth-order valence-corrected chi connectivity index (χ4v) is 4.81. The summed E-state index contributed by atoms with van der Waals surface area (Å²) in [4.78, 5) is 30.1. The molecule has 0 aliphatic carbocycles. The van der Waals surface area contributed by atoms with Gasteiger partial charge in [-0.3, -0.25) is 4.79 Å². The molecule has 3 aromatic rings. The van der Waals surface area contributed by atoms with Gasteiger partial charge in [-0.25, -0.2) is 4.79 Å². The highest BCUT2D eigenvalue weighted by atomic mass is 16.5. The normalized spacial score (nSPS) is 22.2. The molecule has 2 amide bonds. The van der Waals surface area contributed by atoms with E-state index in [0.29, 0.717) is 30.9 Å². The van der Waals surface area contributed by atoms with E-state index in [-0.39, 0.29) is 11.6 Å². The molecule has 7 nitrogen and oxygen atoms in total. The van der Waals surface area contributed by atoms with E-state index in [0.717, 1.165) is 16.5 Å². The zero-order valence-corrected chi connectivity index (χ0v) is 18.5. The molecule has 2 aromatic carbocycles. The van der Waals surface area contributed by atoms with Crippen molar-refractivity contribution in [2.24, 2.45) is 0 Å². The van der Waals surface area contributed by atoms with Crippen molar-refractivity contribution in [1.82, 2.24) is 14.4 Å². The Balaban J connectivity index is 1.79. The van der Waals surface area contributed by atoms with Crippen molar-refractivity contribution < 1.29 is 14.6 Å². The monoisotopic (exact) mass is 433 g/mol. The summed E-state index contributed by atoms with van der Waals surface area (Å²) in [5.41, 5.74) is 0.876. The molecule has 1 saturated heterocycles. The largest absolute Gasteiger partial charge is 0.484 e. The van der Waals surface area contributed by atoms with Crippen molar-refractivity contribution in [2.45, 2.75) is 38.1 Å². The fourth-order valence-electron chi connectivity index (χ4n) is 4.81. The number of ether oxygens (including phenoxy) is 1. The Morgan fingerprint density at radius 3 is 2.41 bits per heavy atom. The number of nitrogens with zero attached hydrogens (tertiary/aromatic N) is 3. The average molecular weight is 434 g/mol. The number of carbonyl (C=O) groups excluding carboxylic acids is 1. The maximum absolute atomic E-state index is 14.0. The number of hydrogen-bond donors (Lipinski definition) is 1. The number of likely N-dealkylation sites (N-methyl/N-ethyl adjacent to an activating group) is 1. The predicted molar refractivity (Wildman–Crippen MR) is 122 cm³/mol. The van der Waals surface area contributed by atoms with Gasteiger partial charge in [-0.15, -0.1) is 0 Å². The smallest absolute Gasteiger partial charge is 0.320 e. The van der Waals surface area contributed by atoms with Gasteiger partial charge in [0.05, 0.1) is 23.7 Å². The van der Waals surface area contributed by atoms with Crippen molar-refractivity contribution in [2.75, 3.05) is 20.1 Å². The van der Waals surface area contributed by atoms with Gasteiger partial charge in [0.25, 0.3) is 5.56 Å². The number of hydrogen-bond acceptors (Lipinski definition) is 4. The van der Waals surface area contributed by atoms with Gasteiger partial charge < -0.3 is 24.2 Å². The average Bonchev–Trinajstić information content (AvgIpc) is 3.11. The van der Waals surface area contributed by atoms with Crippen molar-refractivity contribution in [3.63, 3.8) is 0 Å². The zero-order chi connectivity index (χ0) is 22.6. The molecule has 1 fully saturated rings. The molecule has 0 radical (unpaired) electrons. The number of pyridine rings is 1. The van der Waals surface area contributed by atoms with E-state index in [4.69, 9.17) is 4.74 Å². The van der Waals surface area contributed by atoms with Crippen LogP contribution in [0.4, 0.5) is 4.79 Å². The quantitative estimate of drug-likeness (QED) is 0.689. The third-order valence-corrected chi connectivity index (χ3v) is 6.60. The minimum Gasteiger partial charge on any atom is -0.484 e. The van der Waals surface area contributed by atoms with Crippen LogP contribution in [0.5, 0.6) is 5.75 Å². The van der Waals surface area contributed by atoms with Crippen LogP contribution in [0.1, 0.15) is 31.0 Å². The van der Waals surface area contributed by atoms with Gasteiger partial charge in [-0.05, 0) is 31.5 Å². The van der Waals surface area contributed by atoms with E-state index in [1.165, 1.54) is 0 Å². The summed E-state index contributed by atoms with van der Waals surface area (Å²) >= 11 is 0. The van der Waals surface area contributed by atoms with Gasteiger partial charge in [-0.1, -0.05) is 42.5 Å². The van der Waals surface area contributed by atoms with Gasteiger partial charge in [0.2, 0.25) is 0 Å². The first-order chi connectivity index (χ1) is 15.3. The van der Waals surface area contributed by atoms with E-state index in [2.05, 4.69) is 0 Å². The molecule has 2 unspecified atom stereocenters. The molecular formula is C25H27N3O4. The summed E-state index contributed by atoms with van der Waals surface area (Å²) in [6, 6.07) is 16.4. The number of carbonyl (C=O) groups is 1. The van der Waals surface area contributed by atoms with Crippen LogP contribution < -0.4 is 10.3 Å². The lowest BCUT2D eigenvalue weighted by atomic mass is 9.85. The van der Waals surface area contributed by atoms with E-state index in [1.54, 1.807) is 35.3 Å². The lowest BCUT2D eigenvalue weighted by molar-refractivity contribution is -0.0823. The van der Waals surface area contributed by atoms with Gasteiger partial charge in [0, 0.05) is 25.5 Å². The number of benzene rings is 2. The summed E-state index contributed by atoms with van der Waals surface area (Å²) in [5.74, 6) is 0.456. The van der Waals surface area contributed by atoms with E-state index < -0.39 is 17.7 Å². The second kappa shape index (κ2) is 7.38. The highest BCUT2D eigenvalue weighted by Gasteiger charge is 2.50. The van der Waals surface area contributed by atoms with Crippen molar-refractivity contribution in [3.05, 3.63) is 76.1 Å². The maximum atomic E-state index is 14.0. The Hall–Kier alpha value is -3.32. The van der Waals surface area contributed by atoms with Crippen LogP contribution in [0.3, 0.4) is 0 Å². The Kier molecular flexibility index (Phi) is 4.74. The van der Waals surface area contributed by atoms with Crippen molar-refractivity contribution >= 4 is 16.9 Å². The topological polar surface area (TPSA) is 75.0 Å². The van der Waals surface area contributed by atoms with Crippen molar-refractivity contribution in [1.29, 1.82) is 0 Å². The van der Waals surface area contributed by atoms with Gasteiger partial charge in [0.1, 0.15) is 17.5 Å². The van der Waals surface area contributed by atoms with Gasteiger partial charge in [-0.2, -0.15) is 0 Å². The van der Waals surface area contributed by atoms with E-state index in [9.17, 15) is 14.7 Å². The standard InChI is InChI=1S/C25H27N3O4/c1-25(2)22(29)20(27-14-13-26(3)24(27)31)19-21(32-25)17-11-7-8-12-18(17)28(23(19)30)15-16-9-5-4-6-10-16/h4-12,20,22,29H,13-15H2,1-3H3. The Morgan fingerprint density at radius 2 is 1.72 bits per heavy atom. The molecule has 1 N–H and O–H groups in total. The number of aromatic nitrogens is 1. The summed E-state index contributed by atoms with van der Waals surface area (Å²) < 4.78 is 7.99. The lowest BCUT2D eigenvalue weighted by Gasteiger charge is -2.45. The maximum Gasteiger partial charge on any atom is 0.320 e. The summed E-state index contributed by atoms with van der Waals surface area (Å²) in [7, 11) is 1.73. The minimum atomic E-state index is -1.05. The van der Waals surface area contributed by atoms with Crippen LogP contribution in [0.2, 0.25) is 0 Å². The first kappa shape index (κ1) is 20.6. The third kappa shape index (κ3) is 3.07. The SMILES string of the molecule is CN1CCN(C2c3c(c4ccccc4n(Cc4ccccc4)c3=O)OC(C)(C)C2O)C1=O. The molecule has 2 atom stereocenters. The van der Waals surface area contributed by atoms with Crippen LogP contribution in [0.15, 0.2) is 59.4 Å². The number of para-hydroxylation sites is 1. The molecule has 166 valence electrons. The molecule has 2 aliphatic heterocycles. The summed E-state index contributed by atoms with van der Waals surface area (Å²) in [5, 5.41) is 12.1. The second-order valence-electron chi connectivity index (χ2n) is 9.13. The lowest BCUT2D eigenvalue weighted by Crippen LogP contribution is -2.56. The van der Waals surface area contributed by atoms with Gasteiger partial charge >= 0.3 is 6.03 Å². The fraction of sp³-hybridized carbons (Fsp3) is 0.360. The Bertz CT molecular complexity index is 1250. The van der Waals surface area contributed by atoms with E-state index in [1.807, 2.05) is 54.6 Å². The number of rotatable bonds is 3. The Morgan fingerprint density at radius 1 is 1.03 bits per heavy atom. The highest BCUT2D eigenvalue weighted by Crippen LogP contribution is 2.45. The number of amides is 2. The number of urea groups is 1. The number of aliphatic hydroxyl groups is 1. The molecule has 0 spiro atoms. The summed E-state index contributed by atoms with van der Waals surface area (Å²) in [6.07, 6.45) is -1.05. The molecule has 0 bridgehead atoms. The molecule has 32 heavy (non-hydrogen) atoms. The van der Waals surface area contributed by atoms with E-state index >= 15 is 0 Å². The van der Waals surface area contributed by atoms with Crippen molar-refractivity contribution in [3.8, 4) is 5.75 Å². The minimum absolute atomic E-state index is 0.195. The first-order valence-electron chi connectivity index (χ1n) is 10.9. The molecule has 0 saturated carbocycles. The number of aliphatic hydroxyl groups excluding tert-OH is 1. The highest BCUT2D eigenvalue weighted by molar-refractivity contribution is 5.88. The Labute approximate surface area is 186 Å². The number of fused-ring (bicyclic) bond motifs is 3. The molecule has 2 aliphatic rings. The molecule has 5 rings (SSSR count). The molecule has 7 heteroatoms. The zero-order valence-electron chi connectivity index (χ0n) is 18.5. The molecule has 3 heterocycles. The predicted octanol–water partition coefficient (Wildman–Crippen LogP) is 2.99. The van der Waals surface area contributed by atoms with Crippen LogP contribution in [-0.2, 0) is 6.54 Å². The van der Waals surface area contributed by atoms with Gasteiger partial charge in [0.15, 0.2) is 0 Å².